The Hall–Kier alpha value is -1.88. The fourth-order valence-electron chi connectivity index (χ4n) is 2.40. The SMILES string of the molecule is O=C(Cc1c[nH]c2cc(F)ccc12)N[C@H]1CCOC1. The molecule has 1 aliphatic heterocycles. The molecule has 0 bridgehead atoms. The Morgan fingerprint density at radius 1 is 1.53 bits per heavy atom. The van der Waals surface area contributed by atoms with E-state index in [1.807, 2.05) is 0 Å². The highest BCUT2D eigenvalue weighted by molar-refractivity contribution is 5.89. The number of rotatable bonds is 3. The molecule has 0 saturated carbocycles. The molecule has 0 spiro atoms. The maximum atomic E-state index is 13.1. The van der Waals surface area contributed by atoms with Crippen LogP contribution in [0.2, 0.25) is 0 Å². The Bertz CT molecular complexity index is 603. The first-order chi connectivity index (χ1) is 9.22. The number of hydrogen-bond acceptors (Lipinski definition) is 2. The Morgan fingerprint density at radius 2 is 2.42 bits per heavy atom. The monoisotopic (exact) mass is 262 g/mol. The van der Waals surface area contributed by atoms with Crippen LogP contribution >= 0.6 is 0 Å². The van der Waals surface area contributed by atoms with Crippen molar-refractivity contribution in [3.8, 4) is 0 Å². The van der Waals surface area contributed by atoms with Gasteiger partial charge in [-0.3, -0.25) is 4.79 Å². The van der Waals surface area contributed by atoms with Gasteiger partial charge in [0.1, 0.15) is 5.82 Å². The van der Waals surface area contributed by atoms with Crippen LogP contribution in [0.5, 0.6) is 0 Å². The third-order valence-corrected chi connectivity index (χ3v) is 3.38. The molecule has 1 aromatic heterocycles. The molecule has 1 aliphatic rings. The van der Waals surface area contributed by atoms with Crippen LogP contribution in [-0.2, 0) is 16.0 Å². The highest BCUT2D eigenvalue weighted by atomic mass is 19.1. The molecule has 1 amide bonds. The lowest BCUT2D eigenvalue weighted by atomic mass is 10.1. The van der Waals surface area contributed by atoms with Crippen LogP contribution in [0.3, 0.4) is 0 Å². The second-order valence-electron chi connectivity index (χ2n) is 4.81. The summed E-state index contributed by atoms with van der Waals surface area (Å²) in [5.41, 5.74) is 1.60. The number of benzene rings is 1. The van der Waals surface area contributed by atoms with E-state index in [0.29, 0.717) is 25.2 Å². The second kappa shape index (κ2) is 5.01. The summed E-state index contributed by atoms with van der Waals surface area (Å²) in [6.07, 6.45) is 2.92. The summed E-state index contributed by atoms with van der Waals surface area (Å²) in [5, 5.41) is 3.83. The zero-order chi connectivity index (χ0) is 13.2. The number of carbonyl (C=O) groups is 1. The van der Waals surface area contributed by atoms with Gasteiger partial charge in [-0.1, -0.05) is 0 Å². The molecule has 4 nitrogen and oxygen atoms in total. The zero-order valence-electron chi connectivity index (χ0n) is 10.4. The van der Waals surface area contributed by atoms with Crippen molar-refractivity contribution in [2.24, 2.45) is 0 Å². The van der Waals surface area contributed by atoms with Gasteiger partial charge in [0.25, 0.3) is 0 Å². The van der Waals surface area contributed by atoms with Crippen molar-refractivity contribution >= 4 is 16.8 Å². The highest BCUT2D eigenvalue weighted by Crippen LogP contribution is 2.19. The standard InChI is InChI=1S/C14H15FN2O2/c15-10-1-2-12-9(7-16-13(12)6-10)5-14(18)17-11-3-4-19-8-11/h1-2,6-7,11,16H,3-5,8H2,(H,17,18)/t11-/m0/s1. The van der Waals surface area contributed by atoms with E-state index in [-0.39, 0.29) is 17.8 Å². The quantitative estimate of drug-likeness (QED) is 0.885. The average Bonchev–Trinajstić information content (AvgIpc) is 2.99. The number of amides is 1. The van der Waals surface area contributed by atoms with Crippen LogP contribution in [-0.4, -0.2) is 30.1 Å². The third-order valence-electron chi connectivity index (χ3n) is 3.38. The Morgan fingerprint density at radius 3 is 3.21 bits per heavy atom. The van der Waals surface area contributed by atoms with Gasteiger partial charge in [0.05, 0.1) is 19.1 Å². The van der Waals surface area contributed by atoms with Gasteiger partial charge in [-0.15, -0.1) is 0 Å². The minimum absolute atomic E-state index is 0.0271. The minimum Gasteiger partial charge on any atom is -0.379 e. The number of ether oxygens (including phenoxy) is 1. The summed E-state index contributed by atoms with van der Waals surface area (Å²) in [4.78, 5) is 14.9. The molecule has 100 valence electrons. The molecule has 0 aliphatic carbocycles. The van der Waals surface area contributed by atoms with Crippen molar-refractivity contribution in [1.29, 1.82) is 0 Å². The van der Waals surface area contributed by atoms with Gasteiger partial charge in [0, 0.05) is 23.7 Å². The largest absolute Gasteiger partial charge is 0.379 e. The molecule has 19 heavy (non-hydrogen) atoms. The van der Waals surface area contributed by atoms with Gasteiger partial charge in [-0.25, -0.2) is 4.39 Å². The average molecular weight is 262 g/mol. The van der Waals surface area contributed by atoms with Crippen molar-refractivity contribution in [1.82, 2.24) is 10.3 Å². The maximum absolute atomic E-state index is 13.1. The fraction of sp³-hybridized carbons (Fsp3) is 0.357. The Kier molecular flexibility index (Phi) is 3.21. The van der Waals surface area contributed by atoms with Crippen molar-refractivity contribution in [2.75, 3.05) is 13.2 Å². The van der Waals surface area contributed by atoms with Crippen molar-refractivity contribution in [2.45, 2.75) is 18.9 Å². The van der Waals surface area contributed by atoms with Gasteiger partial charge < -0.3 is 15.0 Å². The predicted molar refractivity (Wildman–Crippen MR) is 69.3 cm³/mol. The number of fused-ring (bicyclic) bond motifs is 1. The Labute approximate surface area is 109 Å². The lowest BCUT2D eigenvalue weighted by molar-refractivity contribution is -0.121. The number of aromatic amines is 1. The molecular weight excluding hydrogens is 247 g/mol. The second-order valence-corrected chi connectivity index (χ2v) is 4.81. The van der Waals surface area contributed by atoms with E-state index in [1.165, 1.54) is 12.1 Å². The number of nitrogens with one attached hydrogen (secondary N) is 2. The highest BCUT2D eigenvalue weighted by Gasteiger charge is 2.18. The van der Waals surface area contributed by atoms with Gasteiger partial charge in [-0.2, -0.15) is 0 Å². The van der Waals surface area contributed by atoms with E-state index in [9.17, 15) is 9.18 Å². The molecule has 1 aromatic carbocycles. The molecule has 1 saturated heterocycles. The van der Waals surface area contributed by atoms with Crippen LogP contribution in [0.25, 0.3) is 10.9 Å². The van der Waals surface area contributed by atoms with E-state index in [2.05, 4.69) is 10.3 Å². The lowest BCUT2D eigenvalue weighted by Gasteiger charge is -2.09. The number of carbonyl (C=O) groups excluding carboxylic acids is 1. The van der Waals surface area contributed by atoms with Crippen LogP contribution < -0.4 is 5.32 Å². The van der Waals surface area contributed by atoms with E-state index in [0.717, 1.165) is 17.4 Å². The molecule has 2 heterocycles. The number of hydrogen-bond donors (Lipinski definition) is 2. The molecule has 1 fully saturated rings. The summed E-state index contributed by atoms with van der Waals surface area (Å²) in [6, 6.07) is 4.65. The van der Waals surface area contributed by atoms with Crippen LogP contribution in [0.1, 0.15) is 12.0 Å². The maximum Gasteiger partial charge on any atom is 0.224 e. The van der Waals surface area contributed by atoms with Gasteiger partial charge in [0.2, 0.25) is 5.91 Å². The molecule has 0 unspecified atom stereocenters. The Balaban J connectivity index is 1.72. The molecule has 1 atom stereocenters. The first-order valence-electron chi connectivity index (χ1n) is 6.35. The van der Waals surface area contributed by atoms with Crippen LogP contribution in [0.4, 0.5) is 4.39 Å². The lowest BCUT2D eigenvalue weighted by Crippen LogP contribution is -2.35. The summed E-state index contributed by atoms with van der Waals surface area (Å²) in [7, 11) is 0. The van der Waals surface area contributed by atoms with Crippen molar-refractivity contribution < 1.29 is 13.9 Å². The van der Waals surface area contributed by atoms with Gasteiger partial charge in [-0.05, 0) is 30.2 Å². The van der Waals surface area contributed by atoms with Crippen molar-refractivity contribution in [3.05, 3.63) is 35.8 Å². The van der Waals surface area contributed by atoms with Gasteiger partial charge >= 0.3 is 0 Å². The molecule has 2 N–H and O–H groups in total. The first kappa shape index (κ1) is 12.2. The summed E-state index contributed by atoms with van der Waals surface area (Å²) < 4.78 is 18.3. The van der Waals surface area contributed by atoms with E-state index < -0.39 is 0 Å². The van der Waals surface area contributed by atoms with E-state index in [4.69, 9.17) is 4.74 Å². The first-order valence-corrected chi connectivity index (χ1v) is 6.35. The molecule has 3 rings (SSSR count). The minimum atomic E-state index is -0.284. The van der Waals surface area contributed by atoms with Gasteiger partial charge in [0.15, 0.2) is 0 Å². The normalized spacial score (nSPS) is 18.9. The van der Waals surface area contributed by atoms with Crippen LogP contribution in [0, 0.1) is 5.82 Å². The molecular formula is C14H15FN2O2. The topological polar surface area (TPSA) is 54.1 Å². The summed E-state index contributed by atoms with van der Waals surface area (Å²) >= 11 is 0. The molecule has 5 heteroatoms. The number of halogens is 1. The summed E-state index contributed by atoms with van der Waals surface area (Å²) in [5.74, 6) is -0.311. The van der Waals surface area contributed by atoms with Crippen LogP contribution in [0.15, 0.2) is 24.4 Å². The number of H-pyrrole nitrogens is 1. The number of aromatic nitrogens is 1. The van der Waals surface area contributed by atoms with E-state index >= 15 is 0 Å². The molecule has 2 aromatic rings. The summed E-state index contributed by atoms with van der Waals surface area (Å²) in [6.45, 7) is 1.29. The molecule has 0 radical (unpaired) electrons. The predicted octanol–water partition coefficient (Wildman–Crippen LogP) is 1.75. The van der Waals surface area contributed by atoms with E-state index in [1.54, 1.807) is 12.3 Å². The smallest absolute Gasteiger partial charge is 0.224 e. The fourth-order valence-corrected chi connectivity index (χ4v) is 2.40. The van der Waals surface area contributed by atoms with Crippen molar-refractivity contribution in [3.63, 3.8) is 0 Å². The zero-order valence-corrected chi connectivity index (χ0v) is 10.4. The third kappa shape index (κ3) is 2.61.